The minimum atomic E-state index is 0.812. The molecule has 0 N–H and O–H groups in total. The van der Waals surface area contributed by atoms with Gasteiger partial charge in [-0.15, -0.1) is 0 Å². The Labute approximate surface area is 175 Å². The average molecular weight is 388 g/mol. The average Bonchev–Trinajstić information content (AvgIpc) is 3.19. The lowest BCUT2D eigenvalue weighted by Crippen LogP contribution is -1.94. The third-order valence-electron chi connectivity index (χ3n) is 5.37. The number of aliphatic imine (C=N–C) groups is 2. The standard InChI is InChI=1S/C27H20N2O/c1-28-17-21-23(18-11-5-3-6-12-18)26(29-2)24(19-13-7-4-8-14-19)25-20-15-9-10-16-22(20)30-27(21)25/h3-17H,2H2,1H3. The van der Waals surface area contributed by atoms with E-state index in [1.54, 1.807) is 7.05 Å². The molecule has 0 aliphatic carbocycles. The van der Waals surface area contributed by atoms with Crippen LogP contribution in [-0.4, -0.2) is 20.0 Å². The van der Waals surface area contributed by atoms with E-state index in [0.29, 0.717) is 0 Å². The molecular weight excluding hydrogens is 368 g/mol. The van der Waals surface area contributed by atoms with Crippen molar-refractivity contribution in [2.75, 3.05) is 7.05 Å². The molecule has 1 heterocycles. The second-order valence-electron chi connectivity index (χ2n) is 7.09. The minimum Gasteiger partial charge on any atom is -0.455 e. The molecule has 0 spiro atoms. The van der Waals surface area contributed by atoms with Crippen molar-refractivity contribution in [3.63, 3.8) is 0 Å². The van der Waals surface area contributed by atoms with Crippen molar-refractivity contribution < 1.29 is 4.42 Å². The van der Waals surface area contributed by atoms with Crippen LogP contribution in [0.25, 0.3) is 44.2 Å². The van der Waals surface area contributed by atoms with Crippen LogP contribution < -0.4 is 0 Å². The fraction of sp³-hybridized carbons (Fsp3) is 0.0370. The fourth-order valence-electron chi connectivity index (χ4n) is 4.16. The quantitative estimate of drug-likeness (QED) is 0.298. The second-order valence-corrected chi connectivity index (χ2v) is 7.09. The predicted octanol–water partition coefficient (Wildman–Crippen LogP) is 7.30. The Morgan fingerprint density at radius 1 is 0.767 bits per heavy atom. The summed E-state index contributed by atoms with van der Waals surface area (Å²) in [5.74, 6) is 0. The van der Waals surface area contributed by atoms with Gasteiger partial charge in [-0.1, -0.05) is 78.9 Å². The van der Waals surface area contributed by atoms with E-state index in [2.05, 4.69) is 47.0 Å². The largest absolute Gasteiger partial charge is 0.455 e. The molecule has 144 valence electrons. The molecule has 4 aromatic carbocycles. The second kappa shape index (κ2) is 7.45. The molecule has 0 aliphatic heterocycles. The van der Waals surface area contributed by atoms with Crippen LogP contribution in [0.15, 0.2) is 99.3 Å². The summed E-state index contributed by atoms with van der Waals surface area (Å²) in [5, 5.41) is 2.09. The number of fused-ring (bicyclic) bond motifs is 3. The summed E-state index contributed by atoms with van der Waals surface area (Å²) in [7, 11) is 1.77. The number of furan rings is 1. The Morgan fingerprint density at radius 2 is 1.37 bits per heavy atom. The van der Waals surface area contributed by atoms with Gasteiger partial charge in [0, 0.05) is 40.7 Å². The first-order chi connectivity index (χ1) is 14.8. The van der Waals surface area contributed by atoms with E-state index in [-0.39, 0.29) is 0 Å². The Bertz CT molecular complexity index is 1400. The number of nitrogens with zero attached hydrogens (tertiary/aromatic N) is 2. The number of rotatable bonds is 4. The highest BCUT2D eigenvalue weighted by molar-refractivity contribution is 6.23. The van der Waals surface area contributed by atoms with E-state index in [0.717, 1.165) is 55.4 Å². The van der Waals surface area contributed by atoms with Gasteiger partial charge in [0.25, 0.3) is 0 Å². The zero-order valence-electron chi connectivity index (χ0n) is 16.7. The Kier molecular flexibility index (Phi) is 4.49. The maximum absolute atomic E-state index is 6.41. The van der Waals surface area contributed by atoms with Crippen molar-refractivity contribution >= 4 is 40.6 Å². The first-order valence-corrected chi connectivity index (χ1v) is 9.84. The highest BCUT2D eigenvalue weighted by Crippen LogP contribution is 2.49. The molecule has 1 aromatic heterocycles. The van der Waals surface area contributed by atoms with Gasteiger partial charge in [-0.2, -0.15) is 0 Å². The smallest absolute Gasteiger partial charge is 0.145 e. The van der Waals surface area contributed by atoms with Crippen LogP contribution in [0.3, 0.4) is 0 Å². The number of benzene rings is 4. The maximum Gasteiger partial charge on any atom is 0.145 e. The third-order valence-corrected chi connectivity index (χ3v) is 5.37. The van der Waals surface area contributed by atoms with E-state index in [9.17, 15) is 0 Å². The fourth-order valence-corrected chi connectivity index (χ4v) is 4.16. The minimum absolute atomic E-state index is 0.812. The topological polar surface area (TPSA) is 37.9 Å². The summed E-state index contributed by atoms with van der Waals surface area (Å²) in [6, 6.07) is 28.7. The van der Waals surface area contributed by atoms with Gasteiger partial charge in [0.1, 0.15) is 11.2 Å². The van der Waals surface area contributed by atoms with Crippen molar-refractivity contribution in [2.45, 2.75) is 0 Å². The lowest BCUT2D eigenvalue weighted by Gasteiger charge is -2.16. The zero-order chi connectivity index (χ0) is 20.5. The molecule has 0 radical (unpaired) electrons. The molecule has 5 rings (SSSR count). The summed E-state index contributed by atoms with van der Waals surface area (Å²) in [6.07, 6.45) is 1.86. The van der Waals surface area contributed by atoms with Crippen LogP contribution in [-0.2, 0) is 0 Å². The van der Waals surface area contributed by atoms with Crippen LogP contribution in [0.1, 0.15) is 5.56 Å². The molecule has 30 heavy (non-hydrogen) atoms. The van der Waals surface area contributed by atoms with Gasteiger partial charge in [-0.05, 0) is 23.9 Å². The van der Waals surface area contributed by atoms with Gasteiger partial charge in [-0.25, -0.2) is 0 Å². The van der Waals surface area contributed by atoms with Gasteiger partial charge in [0.15, 0.2) is 0 Å². The predicted molar refractivity (Wildman–Crippen MR) is 127 cm³/mol. The summed E-state index contributed by atoms with van der Waals surface area (Å²) in [6.45, 7) is 3.95. The number of hydrogen-bond donors (Lipinski definition) is 0. The van der Waals surface area contributed by atoms with Crippen molar-refractivity contribution in [3.05, 3.63) is 90.5 Å². The normalized spacial score (nSPS) is 11.5. The van der Waals surface area contributed by atoms with Crippen LogP contribution in [0, 0.1) is 0 Å². The number of para-hydroxylation sites is 1. The van der Waals surface area contributed by atoms with Crippen LogP contribution in [0.4, 0.5) is 5.69 Å². The van der Waals surface area contributed by atoms with E-state index in [1.807, 2.05) is 60.8 Å². The monoisotopic (exact) mass is 388 g/mol. The Balaban J connectivity index is 2.08. The van der Waals surface area contributed by atoms with E-state index >= 15 is 0 Å². The first-order valence-electron chi connectivity index (χ1n) is 9.84. The highest BCUT2D eigenvalue weighted by atomic mass is 16.3. The summed E-state index contributed by atoms with van der Waals surface area (Å²) in [5.41, 5.74) is 7.53. The van der Waals surface area contributed by atoms with Gasteiger partial charge >= 0.3 is 0 Å². The van der Waals surface area contributed by atoms with Crippen molar-refractivity contribution in [3.8, 4) is 22.3 Å². The van der Waals surface area contributed by atoms with Gasteiger partial charge in [-0.3, -0.25) is 9.98 Å². The van der Waals surface area contributed by atoms with Crippen molar-refractivity contribution in [1.82, 2.24) is 0 Å². The zero-order valence-corrected chi connectivity index (χ0v) is 16.7. The van der Waals surface area contributed by atoms with Gasteiger partial charge < -0.3 is 4.42 Å². The maximum atomic E-state index is 6.41. The molecule has 0 amide bonds. The van der Waals surface area contributed by atoms with Gasteiger partial charge in [0.2, 0.25) is 0 Å². The Morgan fingerprint density at radius 3 is 2.00 bits per heavy atom. The molecule has 0 saturated carbocycles. The molecule has 0 atom stereocenters. The van der Waals surface area contributed by atoms with Crippen LogP contribution in [0.2, 0.25) is 0 Å². The highest BCUT2D eigenvalue weighted by Gasteiger charge is 2.24. The molecule has 5 aromatic rings. The molecular formula is C27H20N2O. The van der Waals surface area contributed by atoms with Crippen LogP contribution >= 0.6 is 0 Å². The van der Waals surface area contributed by atoms with E-state index in [4.69, 9.17) is 4.42 Å². The third kappa shape index (κ3) is 2.75. The molecule has 3 heteroatoms. The molecule has 0 bridgehead atoms. The SMILES string of the molecule is C=Nc1c(-c2ccccc2)c(C=NC)c2oc3ccccc3c2c1-c1ccccc1. The number of hydrogen-bond acceptors (Lipinski definition) is 3. The van der Waals surface area contributed by atoms with Crippen molar-refractivity contribution in [1.29, 1.82) is 0 Å². The lowest BCUT2D eigenvalue weighted by molar-refractivity contribution is 0.668. The molecule has 0 unspecified atom stereocenters. The Hall–Kier alpha value is -3.98. The van der Waals surface area contributed by atoms with Gasteiger partial charge in [0.05, 0.1) is 5.69 Å². The van der Waals surface area contributed by atoms with Crippen LogP contribution in [0.5, 0.6) is 0 Å². The summed E-state index contributed by atoms with van der Waals surface area (Å²) >= 11 is 0. The lowest BCUT2D eigenvalue weighted by atomic mass is 9.88. The van der Waals surface area contributed by atoms with E-state index < -0.39 is 0 Å². The van der Waals surface area contributed by atoms with E-state index in [1.165, 1.54) is 0 Å². The summed E-state index contributed by atoms with van der Waals surface area (Å²) in [4.78, 5) is 8.89. The molecule has 0 aliphatic rings. The molecule has 3 nitrogen and oxygen atoms in total. The van der Waals surface area contributed by atoms with Crippen molar-refractivity contribution in [2.24, 2.45) is 9.98 Å². The molecule has 0 saturated heterocycles. The molecule has 0 fully saturated rings. The summed E-state index contributed by atoms with van der Waals surface area (Å²) < 4.78 is 6.41. The first kappa shape index (κ1) is 18.1.